The molecule has 1 aromatic rings. The number of nitriles is 1. The van der Waals surface area contributed by atoms with Gasteiger partial charge in [-0.3, -0.25) is 4.79 Å². The molecule has 0 radical (unpaired) electrons. The molecule has 0 saturated carbocycles. The average Bonchev–Trinajstić information content (AvgIpc) is 2.42. The molecule has 0 atom stereocenters. The van der Waals surface area contributed by atoms with Gasteiger partial charge >= 0.3 is 0 Å². The van der Waals surface area contributed by atoms with Crippen molar-refractivity contribution in [3.63, 3.8) is 0 Å². The number of benzene rings is 1. The molecular formula is C13H16FN3O3S. The minimum atomic E-state index is -4.13. The number of sulfonamides is 1. The maximum absolute atomic E-state index is 13.4. The number of hydrogen-bond donors (Lipinski definition) is 2. The molecule has 0 saturated heterocycles. The first-order valence-electron chi connectivity index (χ1n) is 6.23. The number of rotatable bonds is 6. The number of halogens is 1. The van der Waals surface area contributed by atoms with Crippen LogP contribution in [-0.2, 0) is 14.8 Å². The monoisotopic (exact) mass is 313 g/mol. The third kappa shape index (κ3) is 4.81. The minimum absolute atomic E-state index is 0.235. The van der Waals surface area contributed by atoms with Gasteiger partial charge in [0, 0.05) is 6.54 Å². The topological polar surface area (TPSA) is 99.1 Å². The molecule has 0 fully saturated rings. The largest absolute Gasteiger partial charge is 0.355 e. The molecule has 0 aliphatic heterocycles. The highest BCUT2D eigenvalue weighted by Crippen LogP contribution is 2.17. The Morgan fingerprint density at radius 3 is 2.67 bits per heavy atom. The van der Waals surface area contributed by atoms with Crippen LogP contribution in [0.2, 0.25) is 0 Å². The van der Waals surface area contributed by atoms with Crippen LogP contribution in [-0.4, -0.2) is 27.4 Å². The summed E-state index contributed by atoms with van der Waals surface area (Å²) in [6, 6.07) is 4.79. The van der Waals surface area contributed by atoms with Crippen molar-refractivity contribution in [2.24, 2.45) is 5.92 Å². The van der Waals surface area contributed by atoms with Gasteiger partial charge in [0.1, 0.15) is 22.3 Å². The zero-order chi connectivity index (χ0) is 16.0. The Morgan fingerprint density at radius 1 is 1.43 bits per heavy atom. The van der Waals surface area contributed by atoms with Gasteiger partial charge in [-0.1, -0.05) is 19.9 Å². The van der Waals surface area contributed by atoms with Crippen molar-refractivity contribution in [2.75, 3.05) is 13.1 Å². The Bertz CT molecular complexity index is 666. The fourth-order valence-corrected chi connectivity index (χ4v) is 2.60. The van der Waals surface area contributed by atoms with Crippen molar-refractivity contribution in [1.29, 1.82) is 5.26 Å². The van der Waals surface area contributed by atoms with Crippen molar-refractivity contribution >= 4 is 15.9 Å². The Hall–Kier alpha value is -1.98. The van der Waals surface area contributed by atoms with Gasteiger partial charge in [-0.25, -0.2) is 17.5 Å². The first-order chi connectivity index (χ1) is 9.77. The quantitative estimate of drug-likeness (QED) is 0.809. The van der Waals surface area contributed by atoms with Crippen LogP contribution in [0.25, 0.3) is 0 Å². The normalized spacial score (nSPS) is 11.2. The molecule has 0 aliphatic rings. The number of nitrogens with zero attached hydrogens (tertiary/aromatic N) is 1. The van der Waals surface area contributed by atoms with Crippen molar-refractivity contribution in [1.82, 2.24) is 10.0 Å². The van der Waals surface area contributed by atoms with E-state index in [-0.39, 0.29) is 5.92 Å². The van der Waals surface area contributed by atoms with E-state index in [1.165, 1.54) is 12.1 Å². The number of amides is 1. The highest BCUT2D eigenvalue weighted by Gasteiger charge is 2.21. The number of carbonyl (C=O) groups is 1. The third-order valence-corrected chi connectivity index (χ3v) is 3.95. The molecule has 0 heterocycles. The molecule has 1 rings (SSSR count). The lowest BCUT2D eigenvalue weighted by Crippen LogP contribution is -2.38. The Balaban J connectivity index is 2.82. The highest BCUT2D eigenvalue weighted by atomic mass is 32.2. The van der Waals surface area contributed by atoms with E-state index in [9.17, 15) is 17.6 Å². The van der Waals surface area contributed by atoms with Crippen LogP contribution in [0, 0.1) is 23.1 Å². The van der Waals surface area contributed by atoms with Gasteiger partial charge < -0.3 is 5.32 Å². The first kappa shape index (κ1) is 17.1. The van der Waals surface area contributed by atoms with Crippen molar-refractivity contribution < 1.29 is 17.6 Å². The maximum Gasteiger partial charge on any atom is 0.242 e. The second-order valence-corrected chi connectivity index (χ2v) is 6.48. The first-order valence-corrected chi connectivity index (χ1v) is 7.71. The molecular weight excluding hydrogens is 297 g/mol. The predicted molar refractivity (Wildman–Crippen MR) is 74.2 cm³/mol. The average molecular weight is 313 g/mol. The molecule has 1 aromatic carbocycles. The predicted octanol–water partition coefficient (Wildman–Crippen LogP) is 0.748. The second-order valence-electron chi connectivity index (χ2n) is 4.75. The van der Waals surface area contributed by atoms with Crippen LogP contribution in [0.15, 0.2) is 23.1 Å². The molecule has 0 spiro atoms. The Labute approximate surface area is 123 Å². The lowest BCUT2D eigenvalue weighted by Gasteiger charge is -2.10. The van der Waals surface area contributed by atoms with Crippen LogP contribution in [0.5, 0.6) is 0 Å². The zero-order valence-electron chi connectivity index (χ0n) is 11.7. The van der Waals surface area contributed by atoms with Crippen molar-refractivity contribution in [3.05, 3.63) is 29.6 Å². The van der Waals surface area contributed by atoms with Crippen LogP contribution in [0.1, 0.15) is 19.4 Å². The molecule has 6 nitrogen and oxygen atoms in total. The summed E-state index contributed by atoms with van der Waals surface area (Å²) in [5.41, 5.74) is -0.576. The summed E-state index contributed by atoms with van der Waals surface area (Å²) in [7, 11) is -4.13. The molecule has 1 amide bonds. The lowest BCUT2D eigenvalue weighted by molar-refractivity contribution is -0.120. The standard InChI is InChI=1S/C13H16FN3O3S/c1-9(2)7-16-13(18)8-17-21(19,20)12-5-3-4-11(14)10(12)6-15/h3-5,9,17H,7-8H2,1-2H3,(H,16,18). The van der Waals surface area contributed by atoms with Gasteiger partial charge in [-0.2, -0.15) is 5.26 Å². The van der Waals surface area contributed by atoms with E-state index in [0.717, 1.165) is 12.1 Å². The third-order valence-electron chi connectivity index (χ3n) is 2.51. The smallest absolute Gasteiger partial charge is 0.242 e. The van der Waals surface area contributed by atoms with E-state index in [1.54, 1.807) is 0 Å². The van der Waals surface area contributed by atoms with Gasteiger partial charge in [0.15, 0.2) is 0 Å². The highest BCUT2D eigenvalue weighted by molar-refractivity contribution is 7.89. The fourth-order valence-electron chi connectivity index (χ4n) is 1.46. The second kappa shape index (κ2) is 7.15. The lowest BCUT2D eigenvalue weighted by atomic mass is 10.2. The van der Waals surface area contributed by atoms with Crippen LogP contribution in [0.3, 0.4) is 0 Å². The van der Waals surface area contributed by atoms with E-state index in [4.69, 9.17) is 5.26 Å². The van der Waals surface area contributed by atoms with Gasteiger partial charge in [-0.15, -0.1) is 0 Å². The van der Waals surface area contributed by atoms with E-state index >= 15 is 0 Å². The van der Waals surface area contributed by atoms with Gasteiger partial charge in [-0.05, 0) is 18.1 Å². The van der Waals surface area contributed by atoms with Crippen LogP contribution >= 0.6 is 0 Å². The summed E-state index contributed by atoms with van der Waals surface area (Å²) in [5.74, 6) is -1.19. The van der Waals surface area contributed by atoms with E-state index < -0.39 is 38.8 Å². The maximum atomic E-state index is 13.4. The van der Waals surface area contributed by atoms with Gasteiger partial charge in [0.05, 0.1) is 6.54 Å². The summed E-state index contributed by atoms with van der Waals surface area (Å²) < 4.78 is 39.4. The molecule has 0 aliphatic carbocycles. The molecule has 8 heteroatoms. The molecule has 21 heavy (non-hydrogen) atoms. The van der Waals surface area contributed by atoms with Crippen molar-refractivity contribution in [2.45, 2.75) is 18.7 Å². The minimum Gasteiger partial charge on any atom is -0.355 e. The Kier molecular flexibility index (Phi) is 5.81. The van der Waals surface area contributed by atoms with Crippen LogP contribution < -0.4 is 10.0 Å². The van der Waals surface area contributed by atoms with E-state index in [0.29, 0.717) is 6.54 Å². The summed E-state index contributed by atoms with van der Waals surface area (Å²) >= 11 is 0. The van der Waals surface area contributed by atoms with Gasteiger partial charge in [0.2, 0.25) is 15.9 Å². The van der Waals surface area contributed by atoms with E-state index in [1.807, 2.05) is 18.6 Å². The SMILES string of the molecule is CC(C)CNC(=O)CNS(=O)(=O)c1cccc(F)c1C#N. The summed E-state index contributed by atoms with van der Waals surface area (Å²) in [6.07, 6.45) is 0. The van der Waals surface area contributed by atoms with Crippen LogP contribution in [0.4, 0.5) is 4.39 Å². The number of nitrogens with one attached hydrogen (secondary N) is 2. The number of hydrogen-bond acceptors (Lipinski definition) is 4. The number of carbonyl (C=O) groups excluding carboxylic acids is 1. The van der Waals surface area contributed by atoms with E-state index in [2.05, 4.69) is 5.32 Å². The van der Waals surface area contributed by atoms with Crippen molar-refractivity contribution in [3.8, 4) is 6.07 Å². The van der Waals surface area contributed by atoms with Gasteiger partial charge in [0.25, 0.3) is 0 Å². The molecule has 114 valence electrons. The molecule has 2 N–H and O–H groups in total. The summed E-state index contributed by atoms with van der Waals surface area (Å²) in [6.45, 7) is 3.74. The summed E-state index contributed by atoms with van der Waals surface area (Å²) in [4.78, 5) is 11.0. The zero-order valence-corrected chi connectivity index (χ0v) is 12.5. The Morgan fingerprint density at radius 2 is 2.10 bits per heavy atom. The molecule has 0 bridgehead atoms. The molecule has 0 aromatic heterocycles. The fraction of sp³-hybridized carbons (Fsp3) is 0.385. The summed E-state index contributed by atoms with van der Waals surface area (Å²) in [5, 5.41) is 11.4. The molecule has 0 unspecified atom stereocenters.